The molecular formula is C8H18N2O2S2. The first kappa shape index (κ1) is 13.9. The Labute approximate surface area is 93.6 Å². The molecule has 0 aliphatic heterocycles. The van der Waals surface area contributed by atoms with Gasteiger partial charge in [-0.3, -0.25) is 0 Å². The maximum atomic E-state index is 10.4. The smallest absolute Gasteiger partial charge is 0.417 e. The van der Waals surface area contributed by atoms with Crippen LogP contribution in [0.15, 0.2) is 0 Å². The van der Waals surface area contributed by atoms with Gasteiger partial charge in [-0.1, -0.05) is 24.6 Å². The van der Waals surface area contributed by atoms with E-state index in [0.717, 1.165) is 25.4 Å². The van der Waals surface area contributed by atoms with E-state index in [1.807, 2.05) is 0 Å². The Balaban J connectivity index is 3.41. The number of carboxylic acid groups (broad SMARTS) is 1. The first-order valence-electron chi connectivity index (χ1n) is 4.60. The van der Waals surface area contributed by atoms with Crippen molar-refractivity contribution in [1.29, 1.82) is 0 Å². The van der Waals surface area contributed by atoms with Gasteiger partial charge < -0.3 is 10.0 Å². The Morgan fingerprint density at radius 1 is 1.36 bits per heavy atom. The Kier molecular flexibility index (Phi) is 8.21. The zero-order valence-electron chi connectivity index (χ0n) is 8.89. The fourth-order valence-corrected chi connectivity index (χ4v) is 2.60. The van der Waals surface area contributed by atoms with Gasteiger partial charge in [-0.15, -0.1) is 0 Å². The number of hydrogen-bond donors (Lipinski definition) is 1. The molecule has 0 heterocycles. The first-order valence-corrected chi connectivity index (χ1v) is 6.88. The monoisotopic (exact) mass is 238 g/mol. The van der Waals surface area contributed by atoms with Gasteiger partial charge in [0.15, 0.2) is 0 Å². The van der Waals surface area contributed by atoms with Crippen molar-refractivity contribution in [2.24, 2.45) is 0 Å². The third-order valence-corrected chi connectivity index (χ3v) is 4.14. The molecule has 0 aliphatic carbocycles. The number of amides is 1. The summed E-state index contributed by atoms with van der Waals surface area (Å²) in [6, 6.07) is 0. The largest absolute Gasteiger partial charge is 0.464 e. The van der Waals surface area contributed by atoms with Gasteiger partial charge in [-0.25, -0.2) is 9.10 Å². The Morgan fingerprint density at radius 3 is 2.36 bits per heavy atom. The molecule has 0 aromatic carbocycles. The van der Waals surface area contributed by atoms with Gasteiger partial charge in [0.25, 0.3) is 0 Å². The maximum Gasteiger partial charge on any atom is 0.417 e. The molecular weight excluding hydrogens is 220 g/mol. The minimum Gasteiger partial charge on any atom is -0.464 e. The molecule has 1 amide bonds. The van der Waals surface area contributed by atoms with Crippen molar-refractivity contribution in [3.8, 4) is 0 Å². The summed E-state index contributed by atoms with van der Waals surface area (Å²) in [5, 5.41) is 8.56. The third-order valence-electron chi connectivity index (χ3n) is 1.82. The number of hydrogen-bond acceptors (Lipinski definition) is 4. The number of rotatable bonds is 7. The highest BCUT2D eigenvalue weighted by Crippen LogP contribution is 2.24. The van der Waals surface area contributed by atoms with Crippen LogP contribution in [0.3, 0.4) is 0 Å². The van der Waals surface area contributed by atoms with E-state index in [4.69, 9.17) is 5.11 Å². The number of nitrogens with zero attached hydrogens (tertiary/aromatic N) is 2. The summed E-state index contributed by atoms with van der Waals surface area (Å²) in [4.78, 5) is 12.7. The predicted octanol–water partition coefficient (Wildman–Crippen LogP) is 2.23. The lowest BCUT2D eigenvalue weighted by atomic mass is 10.5. The van der Waals surface area contributed by atoms with Crippen LogP contribution in [0.4, 0.5) is 4.79 Å². The van der Waals surface area contributed by atoms with E-state index in [1.165, 1.54) is 15.3 Å². The normalized spacial score (nSPS) is 10.6. The highest BCUT2D eigenvalue weighted by molar-refractivity contribution is 8.75. The van der Waals surface area contributed by atoms with Crippen LogP contribution in [0.25, 0.3) is 0 Å². The Morgan fingerprint density at radius 2 is 1.93 bits per heavy atom. The van der Waals surface area contributed by atoms with Crippen molar-refractivity contribution in [1.82, 2.24) is 9.21 Å². The van der Waals surface area contributed by atoms with Gasteiger partial charge >= 0.3 is 6.09 Å². The molecule has 0 radical (unpaired) electrons. The molecule has 0 spiro atoms. The van der Waals surface area contributed by atoms with E-state index in [0.29, 0.717) is 0 Å². The van der Waals surface area contributed by atoms with Crippen LogP contribution < -0.4 is 0 Å². The average molecular weight is 238 g/mol. The lowest BCUT2D eigenvalue weighted by molar-refractivity contribution is 0.181. The van der Waals surface area contributed by atoms with Crippen molar-refractivity contribution in [2.75, 3.05) is 32.4 Å². The highest BCUT2D eigenvalue weighted by Gasteiger charge is 2.06. The second-order valence-electron chi connectivity index (χ2n) is 2.70. The quantitative estimate of drug-likeness (QED) is 0.418. The van der Waals surface area contributed by atoms with Crippen LogP contribution in [0, 0.1) is 0 Å². The van der Waals surface area contributed by atoms with Crippen LogP contribution in [0.2, 0.25) is 0 Å². The molecule has 0 saturated heterocycles. The minimum atomic E-state index is -0.898. The molecule has 1 N–H and O–H groups in total. The van der Waals surface area contributed by atoms with Gasteiger partial charge in [0.05, 0.1) is 0 Å². The van der Waals surface area contributed by atoms with Crippen molar-refractivity contribution >= 4 is 27.9 Å². The van der Waals surface area contributed by atoms with Crippen molar-refractivity contribution < 1.29 is 9.90 Å². The molecule has 14 heavy (non-hydrogen) atoms. The molecule has 0 rings (SSSR count). The molecule has 0 aliphatic rings. The van der Waals surface area contributed by atoms with Gasteiger partial charge in [0, 0.05) is 30.3 Å². The first-order chi connectivity index (χ1) is 6.61. The number of carbonyl (C=O) groups is 1. The van der Waals surface area contributed by atoms with E-state index < -0.39 is 6.09 Å². The van der Waals surface area contributed by atoms with E-state index in [-0.39, 0.29) is 0 Å². The molecule has 0 aromatic heterocycles. The van der Waals surface area contributed by atoms with Crippen molar-refractivity contribution in [3.63, 3.8) is 0 Å². The fraction of sp³-hybridized carbons (Fsp3) is 0.875. The minimum absolute atomic E-state index is 0.898. The van der Waals surface area contributed by atoms with Gasteiger partial charge in [0.2, 0.25) is 0 Å². The summed E-state index contributed by atoms with van der Waals surface area (Å²) in [5.41, 5.74) is 0. The van der Waals surface area contributed by atoms with E-state index in [9.17, 15) is 4.79 Å². The molecule has 0 atom stereocenters. The second-order valence-corrected chi connectivity index (χ2v) is 5.20. The lowest BCUT2D eigenvalue weighted by Crippen LogP contribution is -2.25. The molecule has 0 saturated carbocycles. The summed E-state index contributed by atoms with van der Waals surface area (Å²) < 4.78 is 1.22. The SMILES string of the molecule is CCN(CC)CCSSN(C)C(=O)O. The summed E-state index contributed by atoms with van der Waals surface area (Å²) in [5.74, 6) is 0.948. The third kappa shape index (κ3) is 6.39. The molecule has 0 unspecified atom stereocenters. The van der Waals surface area contributed by atoms with Crippen LogP contribution in [-0.4, -0.2) is 52.8 Å². The van der Waals surface area contributed by atoms with Crippen LogP contribution >= 0.6 is 21.8 Å². The Bertz CT molecular complexity index is 165. The van der Waals surface area contributed by atoms with E-state index in [2.05, 4.69) is 18.7 Å². The predicted molar refractivity (Wildman–Crippen MR) is 63.6 cm³/mol. The summed E-state index contributed by atoms with van der Waals surface area (Å²) in [6.45, 7) is 7.38. The van der Waals surface area contributed by atoms with E-state index >= 15 is 0 Å². The molecule has 0 aromatic rings. The topological polar surface area (TPSA) is 43.8 Å². The fourth-order valence-electron chi connectivity index (χ4n) is 0.854. The van der Waals surface area contributed by atoms with Gasteiger partial charge in [-0.05, 0) is 13.1 Å². The second kappa shape index (κ2) is 8.26. The lowest BCUT2D eigenvalue weighted by Gasteiger charge is -2.17. The standard InChI is InChI=1S/C8H18N2O2S2/c1-4-10(5-2)6-7-13-14-9(3)8(11)12/h4-7H2,1-3H3,(H,11,12). The van der Waals surface area contributed by atoms with Crippen molar-refractivity contribution in [3.05, 3.63) is 0 Å². The maximum absolute atomic E-state index is 10.4. The van der Waals surface area contributed by atoms with Crippen LogP contribution in [0.5, 0.6) is 0 Å². The highest BCUT2D eigenvalue weighted by atomic mass is 33.1. The summed E-state index contributed by atoms with van der Waals surface area (Å²) in [7, 11) is 4.39. The molecule has 84 valence electrons. The molecule has 0 bridgehead atoms. The summed E-state index contributed by atoms with van der Waals surface area (Å²) in [6.07, 6.45) is -0.898. The molecule has 4 nitrogen and oxygen atoms in total. The average Bonchev–Trinajstić information content (AvgIpc) is 2.17. The van der Waals surface area contributed by atoms with Gasteiger partial charge in [0.1, 0.15) is 0 Å². The van der Waals surface area contributed by atoms with Crippen LogP contribution in [-0.2, 0) is 0 Å². The molecule has 6 heteroatoms. The zero-order valence-corrected chi connectivity index (χ0v) is 10.5. The summed E-state index contributed by atoms with van der Waals surface area (Å²) >= 11 is 0. The van der Waals surface area contributed by atoms with E-state index in [1.54, 1.807) is 17.8 Å². The van der Waals surface area contributed by atoms with Crippen molar-refractivity contribution in [2.45, 2.75) is 13.8 Å². The Hall–Kier alpha value is -0.0700. The van der Waals surface area contributed by atoms with Gasteiger partial charge in [-0.2, -0.15) is 0 Å². The van der Waals surface area contributed by atoms with Crippen LogP contribution in [0.1, 0.15) is 13.8 Å². The zero-order chi connectivity index (χ0) is 11.0. The molecule has 0 fully saturated rings.